The van der Waals surface area contributed by atoms with Crippen LogP contribution in [0.15, 0.2) is 41.0 Å². The third-order valence-electron chi connectivity index (χ3n) is 4.68. The van der Waals surface area contributed by atoms with Crippen LogP contribution in [0, 0.1) is 0 Å². The van der Waals surface area contributed by atoms with E-state index in [1.54, 1.807) is 28.4 Å². The van der Waals surface area contributed by atoms with Crippen molar-refractivity contribution in [3.8, 4) is 23.0 Å². The van der Waals surface area contributed by atoms with Crippen molar-refractivity contribution in [1.29, 1.82) is 0 Å². The fourth-order valence-electron chi connectivity index (χ4n) is 3.19. The molecule has 1 aromatic heterocycles. The fraction of sp³-hybridized carbons (Fsp3) is 0.286. The van der Waals surface area contributed by atoms with E-state index in [9.17, 15) is 0 Å². The van der Waals surface area contributed by atoms with Gasteiger partial charge in [-0.1, -0.05) is 15.9 Å². The van der Waals surface area contributed by atoms with Gasteiger partial charge in [0.05, 0.1) is 40.2 Å². The van der Waals surface area contributed by atoms with Crippen LogP contribution in [0.25, 0.3) is 10.8 Å². The molecule has 1 heterocycles. The predicted octanol–water partition coefficient (Wildman–Crippen LogP) is 4.05. The van der Waals surface area contributed by atoms with Gasteiger partial charge in [-0.15, -0.1) is 0 Å². The summed E-state index contributed by atoms with van der Waals surface area (Å²) >= 11 is 3.66. The number of methoxy groups -OCH3 is 4. The highest BCUT2D eigenvalue weighted by Crippen LogP contribution is 2.36. The largest absolute Gasteiger partial charge is 0.493 e. The van der Waals surface area contributed by atoms with Crippen LogP contribution in [0.5, 0.6) is 23.0 Å². The number of hydrogen-bond donors (Lipinski definition) is 0. The van der Waals surface area contributed by atoms with Crippen LogP contribution in [-0.2, 0) is 13.5 Å². The molecule has 3 aromatic rings. The summed E-state index contributed by atoms with van der Waals surface area (Å²) < 4.78 is 24.9. The quantitative estimate of drug-likeness (QED) is 0.550. The lowest BCUT2D eigenvalue weighted by molar-refractivity contribution is -0.677. The fourth-order valence-corrected chi connectivity index (χ4v) is 3.65. The zero-order valence-corrected chi connectivity index (χ0v) is 17.7. The average molecular weight is 433 g/mol. The highest BCUT2D eigenvalue weighted by Gasteiger charge is 2.19. The molecule has 0 N–H and O–H groups in total. The Hall–Kier alpha value is -2.47. The summed E-state index contributed by atoms with van der Waals surface area (Å²) in [5, 5.41) is 2.21. The van der Waals surface area contributed by atoms with Crippen molar-refractivity contribution in [3.63, 3.8) is 0 Å². The monoisotopic (exact) mass is 432 g/mol. The number of pyridine rings is 1. The summed E-state index contributed by atoms with van der Waals surface area (Å²) in [6, 6.07) is 10.0. The van der Waals surface area contributed by atoms with Gasteiger partial charge in [-0.05, 0) is 35.2 Å². The molecule has 5 nitrogen and oxygen atoms in total. The van der Waals surface area contributed by atoms with Crippen molar-refractivity contribution in [1.82, 2.24) is 0 Å². The number of nitrogens with zero attached hydrogens (tertiary/aromatic N) is 1. The van der Waals surface area contributed by atoms with Crippen LogP contribution in [0.1, 0.15) is 11.3 Å². The van der Waals surface area contributed by atoms with Gasteiger partial charge in [0.1, 0.15) is 7.05 Å². The Bertz CT molecular complexity index is 988. The van der Waals surface area contributed by atoms with Crippen molar-refractivity contribution in [3.05, 3.63) is 52.3 Å². The minimum Gasteiger partial charge on any atom is -0.493 e. The number of benzene rings is 2. The molecule has 27 heavy (non-hydrogen) atoms. The lowest BCUT2D eigenvalue weighted by Gasteiger charge is -2.13. The third kappa shape index (κ3) is 3.67. The van der Waals surface area contributed by atoms with Gasteiger partial charge in [0.2, 0.25) is 0 Å². The van der Waals surface area contributed by atoms with Crippen molar-refractivity contribution in [2.45, 2.75) is 6.42 Å². The average Bonchev–Trinajstić information content (AvgIpc) is 2.69. The van der Waals surface area contributed by atoms with Gasteiger partial charge in [0, 0.05) is 10.5 Å². The maximum atomic E-state index is 5.50. The summed E-state index contributed by atoms with van der Waals surface area (Å²) in [4.78, 5) is 0. The van der Waals surface area contributed by atoms with E-state index < -0.39 is 0 Å². The van der Waals surface area contributed by atoms with Gasteiger partial charge >= 0.3 is 0 Å². The molecule has 0 spiro atoms. The van der Waals surface area contributed by atoms with Crippen molar-refractivity contribution in [2.24, 2.45) is 7.05 Å². The first kappa shape index (κ1) is 19.3. The second-order valence-electron chi connectivity index (χ2n) is 6.14. The van der Waals surface area contributed by atoms with Gasteiger partial charge < -0.3 is 18.9 Å². The summed E-state index contributed by atoms with van der Waals surface area (Å²) in [5.41, 5.74) is 2.26. The maximum absolute atomic E-state index is 5.50. The maximum Gasteiger partial charge on any atom is 0.193 e. The molecular formula is C21H23BrNO4+. The standard InChI is InChI=1S/C21H23BrNO4/c1-23-7-6-13-9-18(24-2)20(26-4)11-15(13)17(23)8-14-10-19(25-3)21(27-5)12-16(14)22/h6-7,9-12H,8H2,1-5H3/q+1. The number of aryl methyl sites for hydroxylation is 1. The molecule has 3 rings (SSSR count). The Morgan fingerprint density at radius 1 is 0.815 bits per heavy atom. The van der Waals surface area contributed by atoms with E-state index in [1.165, 1.54) is 0 Å². The minimum atomic E-state index is 0.696. The zero-order chi connectivity index (χ0) is 19.6. The van der Waals surface area contributed by atoms with Gasteiger partial charge in [-0.2, -0.15) is 0 Å². The predicted molar refractivity (Wildman–Crippen MR) is 108 cm³/mol. The molecule has 142 valence electrons. The molecule has 0 unspecified atom stereocenters. The van der Waals surface area contributed by atoms with Crippen molar-refractivity contribution >= 4 is 26.7 Å². The van der Waals surface area contributed by atoms with E-state index in [0.717, 1.165) is 32.3 Å². The van der Waals surface area contributed by atoms with Crippen LogP contribution in [0.4, 0.5) is 0 Å². The Kier molecular flexibility index (Phi) is 5.75. The molecule has 0 saturated heterocycles. The van der Waals surface area contributed by atoms with Gasteiger partial charge in [-0.25, -0.2) is 4.57 Å². The lowest BCUT2D eigenvalue weighted by Crippen LogP contribution is -2.33. The molecule has 2 aromatic carbocycles. The Morgan fingerprint density at radius 3 is 2.00 bits per heavy atom. The van der Waals surface area contributed by atoms with E-state index in [2.05, 4.69) is 32.8 Å². The summed E-state index contributed by atoms with van der Waals surface area (Å²) in [6.45, 7) is 0. The Labute approximate surface area is 167 Å². The van der Waals surface area contributed by atoms with Crippen LogP contribution in [0.2, 0.25) is 0 Å². The minimum absolute atomic E-state index is 0.696. The Morgan fingerprint density at radius 2 is 1.37 bits per heavy atom. The number of halogens is 1. The van der Waals surface area contributed by atoms with Crippen LogP contribution in [0.3, 0.4) is 0 Å². The molecule has 0 saturated carbocycles. The lowest BCUT2D eigenvalue weighted by atomic mass is 10.0. The molecular weight excluding hydrogens is 410 g/mol. The van der Waals surface area contributed by atoms with E-state index in [4.69, 9.17) is 18.9 Å². The van der Waals surface area contributed by atoms with Crippen molar-refractivity contribution < 1.29 is 23.5 Å². The topological polar surface area (TPSA) is 40.8 Å². The third-order valence-corrected chi connectivity index (χ3v) is 5.42. The molecule has 0 aliphatic heterocycles. The molecule has 6 heteroatoms. The van der Waals surface area contributed by atoms with Crippen LogP contribution in [-0.4, -0.2) is 28.4 Å². The van der Waals surface area contributed by atoms with Crippen molar-refractivity contribution in [2.75, 3.05) is 28.4 Å². The van der Waals surface area contributed by atoms with E-state index >= 15 is 0 Å². The molecule has 0 radical (unpaired) electrons. The Balaban J connectivity index is 2.16. The SMILES string of the molecule is COc1cc(Br)c(Cc2c3cc(OC)c(OC)cc3cc[n+]2C)cc1OC. The molecule has 0 aliphatic rings. The second-order valence-corrected chi connectivity index (χ2v) is 7.00. The summed E-state index contributed by atoms with van der Waals surface area (Å²) in [7, 11) is 8.62. The number of rotatable bonds is 6. The number of fused-ring (bicyclic) bond motifs is 1. The second kappa shape index (κ2) is 8.05. The number of hydrogen-bond acceptors (Lipinski definition) is 4. The summed E-state index contributed by atoms with van der Waals surface area (Å²) in [5.74, 6) is 2.83. The van der Waals surface area contributed by atoms with Crippen LogP contribution < -0.4 is 23.5 Å². The van der Waals surface area contributed by atoms with E-state index in [1.807, 2.05) is 31.3 Å². The summed E-state index contributed by atoms with van der Waals surface area (Å²) in [6.07, 6.45) is 2.77. The highest BCUT2D eigenvalue weighted by atomic mass is 79.9. The zero-order valence-electron chi connectivity index (χ0n) is 16.1. The first-order valence-electron chi connectivity index (χ1n) is 8.46. The molecule has 0 fully saturated rings. The smallest absolute Gasteiger partial charge is 0.193 e. The van der Waals surface area contributed by atoms with E-state index in [-0.39, 0.29) is 0 Å². The molecule has 0 aliphatic carbocycles. The number of aromatic nitrogens is 1. The molecule has 0 amide bonds. The first-order valence-corrected chi connectivity index (χ1v) is 9.25. The van der Waals surface area contributed by atoms with Crippen LogP contribution >= 0.6 is 15.9 Å². The van der Waals surface area contributed by atoms with Gasteiger partial charge in [0.15, 0.2) is 34.9 Å². The number of ether oxygens (including phenoxy) is 4. The molecule has 0 bridgehead atoms. The van der Waals surface area contributed by atoms with Gasteiger partial charge in [0.25, 0.3) is 0 Å². The first-order chi connectivity index (χ1) is 13.0. The normalized spacial score (nSPS) is 10.7. The molecule has 0 atom stereocenters. The van der Waals surface area contributed by atoms with E-state index in [0.29, 0.717) is 23.7 Å². The van der Waals surface area contributed by atoms with Gasteiger partial charge in [-0.3, -0.25) is 0 Å². The highest BCUT2D eigenvalue weighted by molar-refractivity contribution is 9.10.